The van der Waals surface area contributed by atoms with E-state index < -0.39 is 11.6 Å². The molecule has 0 radical (unpaired) electrons. The van der Waals surface area contributed by atoms with E-state index in [1.807, 2.05) is 0 Å². The zero-order chi connectivity index (χ0) is 14.3. The number of aromatic nitrogens is 4. The number of hydrogen-bond donors (Lipinski definition) is 1. The minimum absolute atomic E-state index is 0.0403. The van der Waals surface area contributed by atoms with Crippen molar-refractivity contribution in [2.75, 3.05) is 5.73 Å². The Morgan fingerprint density at radius 1 is 1.20 bits per heavy atom. The summed E-state index contributed by atoms with van der Waals surface area (Å²) in [5.74, 6) is -1.44. The van der Waals surface area contributed by atoms with Crippen molar-refractivity contribution in [2.45, 2.75) is 9.92 Å². The summed E-state index contributed by atoms with van der Waals surface area (Å²) in [4.78, 5) is 7.97. The standard InChI is InChI=1S/C12H9F2N5S/c1-19-11-7(4-18-19)12(17-5-16-11)20-10-8(13)2-6(15)3-9(10)14/h2-5H,15H2,1H3. The summed E-state index contributed by atoms with van der Waals surface area (Å²) >= 11 is 0.882. The van der Waals surface area contributed by atoms with Crippen LogP contribution in [0.15, 0.2) is 34.6 Å². The van der Waals surface area contributed by atoms with E-state index in [-0.39, 0.29) is 10.6 Å². The summed E-state index contributed by atoms with van der Waals surface area (Å²) in [5, 5.41) is 5.12. The van der Waals surface area contributed by atoms with Gasteiger partial charge in [0.25, 0.3) is 0 Å². The third-order valence-corrected chi connectivity index (χ3v) is 3.83. The Labute approximate surface area is 116 Å². The fourth-order valence-electron chi connectivity index (χ4n) is 1.80. The molecule has 0 saturated carbocycles. The van der Waals surface area contributed by atoms with Gasteiger partial charge in [-0.05, 0) is 12.1 Å². The van der Waals surface area contributed by atoms with Gasteiger partial charge in [0.05, 0.1) is 16.5 Å². The van der Waals surface area contributed by atoms with Crippen LogP contribution in [-0.2, 0) is 7.05 Å². The Balaban J connectivity index is 2.10. The van der Waals surface area contributed by atoms with Crippen LogP contribution >= 0.6 is 11.8 Å². The smallest absolute Gasteiger partial charge is 0.162 e. The van der Waals surface area contributed by atoms with Crippen LogP contribution in [0.3, 0.4) is 0 Å². The summed E-state index contributed by atoms with van der Waals surface area (Å²) in [6.07, 6.45) is 2.89. The van der Waals surface area contributed by atoms with Crippen molar-refractivity contribution in [3.8, 4) is 0 Å². The molecule has 2 aromatic heterocycles. The van der Waals surface area contributed by atoms with Crippen LogP contribution in [0.1, 0.15) is 0 Å². The molecule has 0 spiro atoms. The summed E-state index contributed by atoms with van der Waals surface area (Å²) < 4.78 is 29.2. The second-order valence-corrected chi connectivity index (χ2v) is 5.10. The molecule has 0 aliphatic carbocycles. The Morgan fingerprint density at radius 2 is 1.90 bits per heavy atom. The Kier molecular flexibility index (Phi) is 3.01. The normalized spacial score (nSPS) is 11.2. The Bertz CT molecular complexity index is 779. The Morgan fingerprint density at radius 3 is 2.60 bits per heavy atom. The number of hydrogen-bond acceptors (Lipinski definition) is 5. The Hall–Kier alpha value is -2.22. The van der Waals surface area contributed by atoms with Gasteiger partial charge in [0.15, 0.2) is 5.65 Å². The molecule has 102 valence electrons. The molecule has 0 aliphatic rings. The summed E-state index contributed by atoms with van der Waals surface area (Å²) in [6.45, 7) is 0. The molecule has 0 fully saturated rings. The summed E-state index contributed by atoms with van der Waals surface area (Å²) in [7, 11) is 1.73. The first kappa shape index (κ1) is 12.8. The molecule has 2 N–H and O–H groups in total. The van der Waals surface area contributed by atoms with Crippen molar-refractivity contribution in [3.63, 3.8) is 0 Å². The van der Waals surface area contributed by atoms with Crippen molar-refractivity contribution >= 4 is 28.5 Å². The average Bonchev–Trinajstić information content (AvgIpc) is 2.77. The van der Waals surface area contributed by atoms with Gasteiger partial charge in [-0.3, -0.25) is 4.68 Å². The summed E-state index contributed by atoms with van der Waals surface area (Å²) in [6, 6.07) is 2.15. The number of nitrogen functional groups attached to an aromatic ring is 1. The number of nitrogens with zero attached hydrogens (tertiary/aromatic N) is 4. The van der Waals surface area contributed by atoms with Gasteiger partial charge < -0.3 is 5.73 Å². The van der Waals surface area contributed by atoms with E-state index in [0.717, 1.165) is 23.9 Å². The molecular formula is C12H9F2N5S. The van der Waals surface area contributed by atoms with Crippen LogP contribution in [0.2, 0.25) is 0 Å². The van der Waals surface area contributed by atoms with Crippen LogP contribution in [0.4, 0.5) is 14.5 Å². The van der Waals surface area contributed by atoms with Crippen molar-refractivity contribution < 1.29 is 8.78 Å². The van der Waals surface area contributed by atoms with Crippen molar-refractivity contribution in [1.82, 2.24) is 19.7 Å². The number of nitrogens with two attached hydrogens (primary N) is 1. The first-order chi connectivity index (χ1) is 9.56. The highest BCUT2D eigenvalue weighted by molar-refractivity contribution is 7.99. The van der Waals surface area contributed by atoms with Gasteiger partial charge in [-0.25, -0.2) is 18.7 Å². The van der Waals surface area contributed by atoms with Gasteiger partial charge in [-0.1, -0.05) is 11.8 Å². The zero-order valence-electron chi connectivity index (χ0n) is 10.3. The van der Waals surface area contributed by atoms with E-state index in [1.165, 1.54) is 6.33 Å². The SMILES string of the molecule is Cn1ncc2c(Sc3c(F)cc(N)cc3F)ncnc21. The molecule has 1 aromatic carbocycles. The lowest BCUT2D eigenvalue weighted by molar-refractivity contribution is 0.541. The largest absolute Gasteiger partial charge is 0.399 e. The average molecular weight is 293 g/mol. The number of benzene rings is 1. The van der Waals surface area contributed by atoms with Crippen LogP contribution in [0.25, 0.3) is 11.0 Å². The number of fused-ring (bicyclic) bond motifs is 1. The maximum Gasteiger partial charge on any atom is 0.162 e. The number of anilines is 1. The lowest BCUT2D eigenvalue weighted by Crippen LogP contribution is -1.95. The third kappa shape index (κ3) is 2.07. The summed E-state index contributed by atoms with van der Waals surface area (Å²) in [5.41, 5.74) is 6.02. The highest BCUT2D eigenvalue weighted by atomic mass is 32.2. The first-order valence-electron chi connectivity index (χ1n) is 5.61. The molecular weight excluding hydrogens is 284 g/mol. The van der Waals surface area contributed by atoms with Gasteiger partial charge in [0.2, 0.25) is 0 Å². The molecule has 8 heteroatoms. The van der Waals surface area contributed by atoms with Gasteiger partial charge in [-0.15, -0.1) is 0 Å². The van der Waals surface area contributed by atoms with E-state index in [9.17, 15) is 8.78 Å². The second-order valence-electron chi connectivity index (χ2n) is 4.10. The topological polar surface area (TPSA) is 69.6 Å². The number of aryl methyl sites for hydroxylation is 1. The fraction of sp³-hybridized carbons (Fsp3) is 0.0833. The minimum atomic E-state index is -0.719. The minimum Gasteiger partial charge on any atom is -0.399 e. The maximum atomic E-state index is 13.8. The lowest BCUT2D eigenvalue weighted by Gasteiger charge is -2.06. The van der Waals surface area contributed by atoms with Crippen LogP contribution in [0, 0.1) is 11.6 Å². The van der Waals surface area contributed by atoms with Crippen molar-refractivity contribution in [1.29, 1.82) is 0 Å². The quantitative estimate of drug-likeness (QED) is 0.580. The van der Waals surface area contributed by atoms with Crippen LogP contribution in [0.5, 0.6) is 0 Å². The molecule has 0 amide bonds. The molecule has 5 nitrogen and oxygen atoms in total. The monoisotopic (exact) mass is 293 g/mol. The zero-order valence-corrected chi connectivity index (χ0v) is 11.2. The van der Waals surface area contributed by atoms with Gasteiger partial charge in [0.1, 0.15) is 23.0 Å². The van der Waals surface area contributed by atoms with E-state index in [0.29, 0.717) is 16.1 Å². The molecule has 0 saturated heterocycles. The molecule has 0 unspecified atom stereocenters. The van der Waals surface area contributed by atoms with E-state index in [1.54, 1.807) is 17.9 Å². The fourth-order valence-corrected chi connectivity index (χ4v) is 2.66. The number of rotatable bonds is 2. The molecule has 3 aromatic rings. The first-order valence-corrected chi connectivity index (χ1v) is 6.43. The molecule has 0 bridgehead atoms. The van der Waals surface area contributed by atoms with Gasteiger partial charge in [-0.2, -0.15) is 5.10 Å². The maximum absolute atomic E-state index is 13.8. The van der Waals surface area contributed by atoms with E-state index >= 15 is 0 Å². The van der Waals surface area contributed by atoms with Gasteiger partial charge in [0, 0.05) is 12.7 Å². The molecule has 2 heterocycles. The van der Waals surface area contributed by atoms with E-state index in [4.69, 9.17) is 5.73 Å². The molecule has 0 aliphatic heterocycles. The third-order valence-electron chi connectivity index (χ3n) is 2.71. The predicted octanol–water partition coefficient (Wildman–Crippen LogP) is 2.37. The van der Waals surface area contributed by atoms with Crippen molar-refractivity contribution in [2.24, 2.45) is 7.05 Å². The second kappa shape index (κ2) is 4.71. The highest BCUT2D eigenvalue weighted by Crippen LogP contribution is 2.35. The lowest BCUT2D eigenvalue weighted by atomic mass is 10.3. The predicted molar refractivity (Wildman–Crippen MR) is 71.2 cm³/mol. The van der Waals surface area contributed by atoms with E-state index in [2.05, 4.69) is 15.1 Å². The molecule has 3 rings (SSSR count). The molecule has 0 atom stereocenters. The highest BCUT2D eigenvalue weighted by Gasteiger charge is 2.16. The number of halogens is 2. The van der Waals surface area contributed by atoms with Crippen molar-refractivity contribution in [3.05, 3.63) is 36.3 Å². The van der Waals surface area contributed by atoms with Crippen LogP contribution in [-0.4, -0.2) is 19.7 Å². The van der Waals surface area contributed by atoms with Gasteiger partial charge >= 0.3 is 0 Å². The van der Waals surface area contributed by atoms with Crippen LogP contribution < -0.4 is 5.73 Å². The molecule has 20 heavy (non-hydrogen) atoms.